The molecule has 1 N–H and O–H groups in total. The first kappa shape index (κ1) is 15.1. The summed E-state index contributed by atoms with van der Waals surface area (Å²) in [5.41, 5.74) is 1.26. The van der Waals surface area contributed by atoms with Gasteiger partial charge in [0.2, 0.25) is 5.91 Å². The van der Waals surface area contributed by atoms with Crippen LogP contribution in [0.2, 0.25) is 10.0 Å². The molecule has 1 saturated heterocycles. The third-order valence-corrected chi connectivity index (χ3v) is 5.24. The van der Waals surface area contributed by atoms with Gasteiger partial charge in [-0.25, -0.2) is 0 Å². The van der Waals surface area contributed by atoms with E-state index in [0.29, 0.717) is 16.6 Å². The lowest BCUT2D eigenvalue weighted by Crippen LogP contribution is -2.34. The van der Waals surface area contributed by atoms with Gasteiger partial charge >= 0.3 is 0 Å². The molecule has 0 radical (unpaired) electrons. The predicted molar refractivity (Wildman–Crippen MR) is 85.6 cm³/mol. The first-order valence-corrected chi connectivity index (χ1v) is 8.16. The van der Waals surface area contributed by atoms with Gasteiger partial charge < -0.3 is 10.2 Å². The van der Waals surface area contributed by atoms with Crippen LogP contribution in [0, 0.1) is 11.3 Å². The average molecular weight is 327 g/mol. The van der Waals surface area contributed by atoms with Crippen molar-refractivity contribution in [3.05, 3.63) is 33.8 Å². The highest BCUT2D eigenvalue weighted by Gasteiger charge is 2.58. The van der Waals surface area contributed by atoms with Crippen molar-refractivity contribution in [2.75, 3.05) is 20.1 Å². The SMILES string of the molecule is CN(Cc1cc(Cl)cc(Cl)c1)C(=O)C1CC12CCNCC2. The van der Waals surface area contributed by atoms with Crippen LogP contribution < -0.4 is 5.32 Å². The monoisotopic (exact) mass is 326 g/mol. The molecule has 1 atom stereocenters. The molecule has 0 aromatic heterocycles. The largest absolute Gasteiger partial charge is 0.341 e. The minimum absolute atomic E-state index is 0.208. The number of rotatable bonds is 3. The first-order chi connectivity index (χ1) is 10.00. The molecule has 2 fully saturated rings. The van der Waals surface area contributed by atoms with E-state index in [-0.39, 0.29) is 17.2 Å². The lowest BCUT2D eigenvalue weighted by molar-refractivity contribution is -0.132. The molecule has 1 aromatic carbocycles. The van der Waals surface area contributed by atoms with E-state index in [9.17, 15) is 4.79 Å². The van der Waals surface area contributed by atoms with Crippen LogP contribution in [0.1, 0.15) is 24.8 Å². The van der Waals surface area contributed by atoms with Crippen molar-refractivity contribution in [3.63, 3.8) is 0 Å². The van der Waals surface area contributed by atoms with Crippen molar-refractivity contribution in [1.29, 1.82) is 0 Å². The van der Waals surface area contributed by atoms with Gasteiger partial charge in [0.25, 0.3) is 0 Å². The molecule has 114 valence electrons. The summed E-state index contributed by atoms with van der Waals surface area (Å²) in [5.74, 6) is 0.465. The van der Waals surface area contributed by atoms with E-state index in [1.54, 1.807) is 6.07 Å². The maximum Gasteiger partial charge on any atom is 0.226 e. The summed E-state index contributed by atoms with van der Waals surface area (Å²) >= 11 is 12.0. The topological polar surface area (TPSA) is 32.3 Å². The lowest BCUT2D eigenvalue weighted by Gasteiger charge is -2.25. The summed E-state index contributed by atoms with van der Waals surface area (Å²) in [6.07, 6.45) is 3.30. The number of nitrogens with one attached hydrogen (secondary N) is 1. The molecule has 1 spiro atoms. The van der Waals surface area contributed by atoms with Crippen LogP contribution in [0.25, 0.3) is 0 Å². The van der Waals surface area contributed by atoms with Crippen molar-refractivity contribution in [2.24, 2.45) is 11.3 Å². The van der Waals surface area contributed by atoms with Crippen LogP contribution in [0.4, 0.5) is 0 Å². The first-order valence-electron chi connectivity index (χ1n) is 7.41. The van der Waals surface area contributed by atoms with Crippen LogP contribution in [0.3, 0.4) is 0 Å². The Morgan fingerprint density at radius 3 is 2.52 bits per heavy atom. The molecule has 21 heavy (non-hydrogen) atoms. The van der Waals surface area contributed by atoms with E-state index in [0.717, 1.165) is 37.9 Å². The summed E-state index contributed by atoms with van der Waals surface area (Å²) in [6.45, 7) is 2.64. The smallest absolute Gasteiger partial charge is 0.226 e. The zero-order valence-electron chi connectivity index (χ0n) is 12.2. The number of amides is 1. The quantitative estimate of drug-likeness (QED) is 0.923. The maximum atomic E-state index is 12.6. The Bertz CT molecular complexity index is 535. The molecule has 5 heteroatoms. The zero-order chi connectivity index (χ0) is 15.0. The molecule has 2 aliphatic rings. The maximum absolute atomic E-state index is 12.6. The Morgan fingerprint density at radius 2 is 1.90 bits per heavy atom. The highest BCUT2D eigenvalue weighted by atomic mass is 35.5. The van der Waals surface area contributed by atoms with E-state index in [1.807, 2.05) is 24.1 Å². The molecular formula is C16H20Cl2N2O. The van der Waals surface area contributed by atoms with E-state index < -0.39 is 0 Å². The second kappa shape index (κ2) is 5.79. The van der Waals surface area contributed by atoms with Crippen LogP contribution in [-0.2, 0) is 11.3 Å². The van der Waals surface area contributed by atoms with Crippen molar-refractivity contribution in [1.82, 2.24) is 10.2 Å². The van der Waals surface area contributed by atoms with Gasteiger partial charge in [-0.05, 0) is 61.5 Å². The average Bonchev–Trinajstić information content (AvgIpc) is 3.10. The molecule has 3 nitrogen and oxygen atoms in total. The highest BCUT2D eigenvalue weighted by molar-refractivity contribution is 6.34. The molecular weight excluding hydrogens is 307 g/mol. The summed E-state index contributed by atoms with van der Waals surface area (Å²) in [7, 11) is 1.87. The van der Waals surface area contributed by atoms with Gasteiger partial charge in [0.05, 0.1) is 0 Å². The van der Waals surface area contributed by atoms with Crippen molar-refractivity contribution in [2.45, 2.75) is 25.8 Å². The van der Waals surface area contributed by atoms with Gasteiger partial charge in [-0.1, -0.05) is 23.2 Å². The third kappa shape index (κ3) is 3.20. The molecule has 1 amide bonds. The second-order valence-corrected chi connectivity index (χ2v) is 7.21. The van der Waals surface area contributed by atoms with Gasteiger partial charge in [0.1, 0.15) is 0 Å². The molecule has 1 aromatic rings. The summed E-state index contributed by atoms with van der Waals surface area (Å²) < 4.78 is 0. The minimum Gasteiger partial charge on any atom is -0.341 e. The molecule has 1 saturated carbocycles. The number of carbonyl (C=O) groups is 1. The van der Waals surface area contributed by atoms with Crippen LogP contribution in [-0.4, -0.2) is 30.9 Å². The number of carbonyl (C=O) groups excluding carboxylic acids is 1. The Kier molecular flexibility index (Phi) is 4.17. The Hall–Kier alpha value is -0.770. The predicted octanol–water partition coefficient (Wildman–Crippen LogP) is 3.34. The Balaban J connectivity index is 1.63. The molecule has 1 aliphatic carbocycles. The van der Waals surface area contributed by atoms with Gasteiger partial charge in [-0.15, -0.1) is 0 Å². The Morgan fingerprint density at radius 1 is 1.29 bits per heavy atom. The van der Waals surface area contributed by atoms with E-state index in [4.69, 9.17) is 23.2 Å². The number of hydrogen-bond acceptors (Lipinski definition) is 2. The molecule has 1 unspecified atom stereocenters. The fraction of sp³-hybridized carbons (Fsp3) is 0.562. The van der Waals surface area contributed by atoms with Crippen LogP contribution in [0.5, 0.6) is 0 Å². The number of benzene rings is 1. The minimum atomic E-state index is 0.208. The van der Waals surface area contributed by atoms with E-state index in [1.165, 1.54) is 0 Å². The number of nitrogens with zero attached hydrogens (tertiary/aromatic N) is 1. The lowest BCUT2D eigenvalue weighted by atomic mass is 9.91. The number of piperidine rings is 1. The second-order valence-electron chi connectivity index (χ2n) is 6.34. The number of hydrogen-bond donors (Lipinski definition) is 1. The van der Waals surface area contributed by atoms with Crippen LogP contribution in [0.15, 0.2) is 18.2 Å². The van der Waals surface area contributed by atoms with Crippen molar-refractivity contribution >= 4 is 29.1 Å². The molecule has 1 aliphatic heterocycles. The van der Waals surface area contributed by atoms with Crippen molar-refractivity contribution < 1.29 is 4.79 Å². The summed E-state index contributed by atoms with van der Waals surface area (Å²) in [4.78, 5) is 14.4. The van der Waals surface area contributed by atoms with Gasteiger partial charge in [-0.2, -0.15) is 0 Å². The van der Waals surface area contributed by atoms with Gasteiger partial charge in [0.15, 0.2) is 0 Å². The third-order valence-electron chi connectivity index (χ3n) is 4.81. The highest BCUT2D eigenvalue weighted by Crippen LogP contribution is 2.59. The normalized spacial score (nSPS) is 23.1. The molecule has 1 heterocycles. The van der Waals surface area contributed by atoms with E-state index >= 15 is 0 Å². The summed E-state index contributed by atoms with van der Waals surface area (Å²) in [6, 6.07) is 5.44. The fourth-order valence-corrected chi connectivity index (χ4v) is 4.07. The summed E-state index contributed by atoms with van der Waals surface area (Å²) in [5, 5.41) is 4.59. The zero-order valence-corrected chi connectivity index (χ0v) is 13.7. The number of halogens is 2. The van der Waals surface area contributed by atoms with Crippen molar-refractivity contribution in [3.8, 4) is 0 Å². The van der Waals surface area contributed by atoms with Gasteiger partial charge in [-0.3, -0.25) is 4.79 Å². The Labute approximate surface area is 135 Å². The molecule has 0 bridgehead atoms. The van der Waals surface area contributed by atoms with Crippen LogP contribution >= 0.6 is 23.2 Å². The fourth-order valence-electron chi connectivity index (χ4n) is 3.49. The van der Waals surface area contributed by atoms with Gasteiger partial charge in [0, 0.05) is 29.6 Å². The standard InChI is InChI=1S/C16H20Cl2N2O/c1-20(10-11-6-12(17)8-13(18)7-11)15(21)14-9-16(14)2-4-19-5-3-16/h6-8,14,19H,2-5,9-10H2,1H3. The molecule has 3 rings (SSSR count). The van der Waals surface area contributed by atoms with E-state index in [2.05, 4.69) is 5.32 Å².